The van der Waals surface area contributed by atoms with E-state index in [1.807, 2.05) is 19.1 Å². The molecule has 1 nitrogen and oxygen atoms in total. The molecule has 0 aliphatic carbocycles. The van der Waals surface area contributed by atoms with Gasteiger partial charge in [0.15, 0.2) is 5.78 Å². The van der Waals surface area contributed by atoms with Crippen molar-refractivity contribution in [3.63, 3.8) is 0 Å². The number of carbonyl (C=O) groups is 1. The van der Waals surface area contributed by atoms with Gasteiger partial charge in [0.1, 0.15) is 11.6 Å². The van der Waals surface area contributed by atoms with Crippen molar-refractivity contribution in [1.29, 1.82) is 0 Å². The van der Waals surface area contributed by atoms with E-state index in [0.29, 0.717) is 5.56 Å². The lowest BCUT2D eigenvalue weighted by Crippen LogP contribution is -2.13. The third-order valence-electron chi connectivity index (χ3n) is 3.46. The molecule has 0 bridgehead atoms. The molecule has 0 aliphatic rings. The van der Waals surface area contributed by atoms with Crippen molar-refractivity contribution < 1.29 is 13.6 Å². The van der Waals surface area contributed by atoms with Gasteiger partial charge in [-0.2, -0.15) is 0 Å². The lowest BCUT2D eigenvalue weighted by atomic mass is 9.84. The highest BCUT2D eigenvalue weighted by molar-refractivity contribution is 6.09. The van der Waals surface area contributed by atoms with Crippen molar-refractivity contribution in [2.45, 2.75) is 33.1 Å². The Balaban J connectivity index is 2.44. The first kappa shape index (κ1) is 15.4. The third kappa shape index (κ3) is 3.35. The van der Waals surface area contributed by atoms with Crippen LogP contribution in [0.15, 0.2) is 36.4 Å². The summed E-state index contributed by atoms with van der Waals surface area (Å²) in [7, 11) is 0. The Morgan fingerprint density at radius 2 is 1.52 bits per heavy atom. The van der Waals surface area contributed by atoms with Crippen molar-refractivity contribution >= 4 is 5.78 Å². The predicted molar refractivity (Wildman–Crippen MR) is 79.7 cm³/mol. The van der Waals surface area contributed by atoms with E-state index in [4.69, 9.17) is 0 Å². The fourth-order valence-corrected chi connectivity index (χ4v) is 2.23. The summed E-state index contributed by atoms with van der Waals surface area (Å²) in [5.74, 6) is -1.86. The second-order valence-corrected chi connectivity index (χ2v) is 6.27. The predicted octanol–water partition coefficient (Wildman–Crippen LogP) is 4.80. The average Bonchev–Trinajstić information content (AvgIpc) is 2.35. The molecule has 0 aliphatic heterocycles. The Labute approximate surface area is 123 Å². The van der Waals surface area contributed by atoms with Crippen LogP contribution in [0.1, 0.15) is 47.8 Å². The van der Waals surface area contributed by atoms with Crippen LogP contribution in [0.25, 0.3) is 0 Å². The molecule has 0 saturated heterocycles. The number of halogens is 2. The summed E-state index contributed by atoms with van der Waals surface area (Å²) in [6.45, 7) is 8.10. The van der Waals surface area contributed by atoms with Crippen molar-refractivity contribution in [2.75, 3.05) is 0 Å². The van der Waals surface area contributed by atoms with Crippen LogP contribution < -0.4 is 0 Å². The van der Waals surface area contributed by atoms with Crippen LogP contribution in [0.5, 0.6) is 0 Å². The van der Waals surface area contributed by atoms with Crippen LogP contribution >= 0.6 is 0 Å². The van der Waals surface area contributed by atoms with E-state index in [2.05, 4.69) is 20.8 Å². The average molecular weight is 288 g/mol. The van der Waals surface area contributed by atoms with E-state index < -0.39 is 11.6 Å². The van der Waals surface area contributed by atoms with E-state index >= 15 is 0 Å². The van der Waals surface area contributed by atoms with Gasteiger partial charge >= 0.3 is 0 Å². The molecule has 3 heteroatoms. The Kier molecular flexibility index (Phi) is 3.95. The van der Waals surface area contributed by atoms with Crippen molar-refractivity contribution in [3.8, 4) is 0 Å². The summed E-state index contributed by atoms with van der Waals surface area (Å²) in [5.41, 5.74) is 2.39. The SMILES string of the molecule is Cc1cc(C(C)(C)C)ccc1C(=O)c1cc(F)cc(F)c1. The summed E-state index contributed by atoms with van der Waals surface area (Å²) in [6.07, 6.45) is 0. The van der Waals surface area contributed by atoms with Gasteiger partial charge < -0.3 is 0 Å². The molecule has 21 heavy (non-hydrogen) atoms. The molecular formula is C18H18F2O. The van der Waals surface area contributed by atoms with E-state index in [0.717, 1.165) is 29.3 Å². The molecule has 0 N–H and O–H groups in total. The zero-order valence-corrected chi connectivity index (χ0v) is 12.6. The minimum absolute atomic E-state index is 0.0166. The van der Waals surface area contributed by atoms with Crippen molar-refractivity contribution in [2.24, 2.45) is 0 Å². The van der Waals surface area contributed by atoms with Gasteiger partial charge in [0.25, 0.3) is 0 Å². The molecule has 0 amide bonds. The number of ketones is 1. The lowest BCUT2D eigenvalue weighted by molar-refractivity contribution is 0.103. The Morgan fingerprint density at radius 1 is 0.952 bits per heavy atom. The third-order valence-corrected chi connectivity index (χ3v) is 3.46. The number of hydrogen-bond acceptors (Lipinski definition) is 1. The van der Waals surface area contributed by atoms with Gasteiger partial charge in [0.2, 0.25) is 0 Å². The monoisotopic (exact) mass is 288 g/mol. The van der Waals surface area contributed by atoms with Crippen LogP contribution in [0, 0.1) is 18.6 Å². The van der Waals surface area contributed by atoms with E-state index in [1.54, 1.807) is 6.07 Å². The molecule has 2 aromatic carbocycles. The number of aryl methyl sites for hydroxylation is 1. The molecule has 2 rings (SSSR count). The van der Waals surface area contributed by atoms with Gasteiger partial charge in [0.05, 0.1) is 0 Å². The first-order valence-corrected chi connectivity index (χ1v) is 6.80. The highest BCUT2D eigenvalue weighted by Gasteiger charge is 2.18. The zero-order chi connectivity index (χ0) is 15.8. The van der Waals surface area contributed by atoms with Gasteiger partial charge in [-0.25, -0.2) is 8.78 Å². The van der Waals surface area contributed by atoms with Crippen LogP contribution in [0.2, 0.25) is 0 Å². The highest BCUT2D eigenvalue weighted by atomic mass is 19.1. The van der Waals surface area contributed by atoms with Gasteiger partial charge in [-0.15, -0.1) is 0 Å². The largest absolute Gasteiger partial charge is 0.289 e. The van der Waals surface area contributed by atoms with Crippen molar-refractivity contribution in [3.05, 3.63) is 70.3 Å². The summed E-state index contributed by atoms with van der Waals surface area (Å²) < 4.78 is 26.5. The normalized spacial score (nSPS) is 11.5. The van der Waals surface area contributed by atoms with Gasteiger partial charge in [-0.05, 0) is 35.6 Å². The number of carbonyl (C=O) groups excluding carboxylic acids is 1. The quantitative estimate of drug-likeness (QED) is 0.725. The minimum Gasteiger partial charge on any atom is -0.289 e. The van der Waals surface area contributed by atoms with Crippen LogP contribution in [-0.2, 0) is 5.41 Å². The van der Waals surface area contributed by atoms with Gasteiger partial charge in [-0.1, -0.05) is 39.0 Å². The molecule has 0 heterocycles. The van der Waals surface area contributed by atoms with Crippen LogP contribution in [0.4, 0.5) is 8.78 Å². The molecule has 2 aromatic rings. The molecule has 0 spiro atoms. The summed E-state index contributed by atoms with van der Waals surface area (Å²) in [4.78, 5) is 12.4. The Bertz CT molecular complexity index is 677. The number of rotatable bonds is 2. The molecule has 0 unspecified atom stereocenters. The van der Waals surface area contributed by atoms with Crippen LogP contribution in [-0.4, -0.2) is 5.78 Å². The van der Waals surface area contributed by atoms with E-state index in [1.165, 1.54) is 0 Å². The van der Waals surface area contributed by atoms with Gasteiger partial charge in [-0.3, -0.25) is 4.79 Å². The second-order valence-electron chi connectivity index (χ2n) is 6.27. The Hall–Kier alpha value is -2.03. The van der Waals surface area contributed by atoms with Crippen molar-refractivity contribution in [1.82, 2.24) is 0 Å². The maximum absolute atomic E-state index is 13.2. The van der Waals surface area contributed by atoms with Crippen LogP contribution in [0.3, 0.4) is 0 Å². The van der Waals surface area contributed by atoms with Gasteiger partial charge in [0, 0.05) is 17.2 Å². The highest BCUT2D eigenvalue weighted by Crippen LogP contribution is 2.25. The summed E-state index contributed by atoms with van der Waals surface area (Å²) in [5, 5.41) is 0. The molecule has 110 valence electrons. The molecule has 0 saturated carbocycles. The first-order valence-electron chi connectivity index (χ1n) is 6.80. The van der Waals surface area contributed by atoms with E-state index in [9.17, 15) is 13.6 Å². The summed E-state index contributed by atoms with van der Waals surface area (Å²) >= 11 is 0. The molecular weight excluding hydrogens is 270 g/mol. The maximum atomic E-state index is 13.2. The minimum atomic E-state index is -0.748. The molecule has 0 atom stereocenters. The molecule has 0 radical (unpaired) electrons. The second kappa shape index (κ2) is 5.40. The number of benzene rings is 2. The Morgan fingerprint density at radius 3 is 2.00 bits per heavy atom. The zero-order valence-electron chi connectivity index (χ0n) is 12.6. The summed E-state index contributed by atoms with van der Waals surface area (Å²) in [6, 6.07) is 8.43. The molecule has 0 aromatic heterocycles. The lowest BCUT2D eigenvalue weighted by Gasteiger charge is -2.20. The fourth-order valence-electron chi connectivity index (χ4n) is 2.23. The first-order chi connectivity index (χ1) is 9.68. The number of hydrogen-bond donors (Lipinski definition) is 0. The van der Waals surface area contributed by atoms with E-state index in [-0.39, 0.29) is 16.8 Å². The standard InChI is InChI=1S/C18H18F2O/c1-11-7-13(18(2,3)4)5-6-16(11)17(21)12-8-14(19)10-15(20)9-12/h5-10H,1-4H3. The maximum Gasteiger partial charge on any atom is 0.193 e. The smallest absolute Gasteiger partial charge is 0.193 e. The topological polar surface area (TPSA) is 17.1 Å². The molecule has 0 fully saturated rings. The fraction of sp³-hybridized carbons (Fsp3) is 0.278.